The molecule has 2 rings (SSSR count). The Kier molecular flexibility index (Phi) is 4.18. The molecule has 0 spiro atoms. The van der Waals surface area contributed by atoms with Gasteiger partial charge in [-0.3, -0.25) is 10.1 Å². The number of nitrogens with zero attached hydrogens (tertiary/aromatic N) is 1. The first-order chi connectivity index (χ1) is 10.2. The molecule has 2 aromatic carbocycles. The minimum Gasteiger partial charge on any atom is -0.378 e. The topological polar surface area (TPSA) is 86.5 Å². The Labute approximate surface area is 128 Å². The van der Waals surface area contributed by atoms with Crippen LogP contribution in [0.25, 0.3) is 0 Å². The SMILES string of the molecule is Cc1ccc(S(=O)(=O)Oc2c(C)cccc2C)cc1[N+](=O)[O-]. The summed E-state index contributed by atoms with van der Waals surface area (Å²) in [5, 5.41) is 10.9. The Morgan fingerprint density at radius 1 is 1.00 bits per heavy atom. The molecule has 0 saturated heterocycles. The summed E-state index contributed by atoms with van der Waals surface area (Å²) in [7, 11) is -4.14. The first-order valence-corrected chi connectivity index (χ1v) is 7.89. The standard InChI is InChI=1S/C15H15NO5S/c1-10-7-8-13(9-14(10)16(17)18)22(19,20)21-15-11(2)5-4-6-12(15)3/h4-9H,1-3H3. The van der Waals surface area contributed by atoms with E-state index < -0.39 is 15.0 Å². The lowest BCUT2D eigenvalue weighted by Crippen LogP contribution is -2.12. The Morgan fingerprint density at radius 3 is 2.14 bits per heavy atom. The lowest BCUT2D eigenvalue weighted by Gasteiger charge is -2.12. The molecule has 2 aromatic rings. The molecule has 0 radical (unpaired) electrons. The fourth-order valence-electron chi connectivity index (χ4n) is 2.03. The maximum Gasteiger partial charge on any atom is 0.339 e. The van der Waals surface area contributed by atoms with Crippen molar-refractivity contribution in [2.24, 2.45) is 0 Å². The molecule has 0 amide bonds. The van der Waals surface area contributed by atoms with Crippen LogP contribution in [0.4, 0.5) is 5.69 Å². The molecule has 6 nitrogen and oxygen atoms in total. The Balaban J connectivity index is 2.48. The van der Waals surface area contributed by atoms with Crippen molar-refractivity contribution in [3.05, 3.63) is 63.2 Å². The molecule has 22 heavy (non-hydrogen) atoms. The zero-order valence-corrected chi connectivity index (χ0v) is 13.2. The van der Waals surface area contributed by atoms with E-state index in [1.54, 1.807) is 39.0 Å². The third-order valence-electron chi connectivity index (χ3n) is 3.27. The van der Waals surface area contributed by atoms with E-state index in [9.17, 15) is 18.5 Å². The van der Waals surface area contributed by atoms with Gasteiger partial charge in [0.2, 0.25) is 0 Å². The molecule has 0 fully saturated rings. The maximum absolute atomic E-state index is 12.3. The summed E-state index contributed by atoms with van der Waals surface area (Å²) in [6.07, 6.45) is 0. The van der Waals surface area contributed by atoms with Gasteiger partial charge in [-0.15, -0.1) is 0 Å². The van der Waals surface area contributed by atoms with E-state index in [2.05, 4.69) is 0 Å². The van der Waals surface area contributed by atoms with Crippen molar-refractivity contribution in [1.29, 1.82) is 0 Å². The van der Waals surface area contributed by atoms with Crippen LogP contribution in [0.3, 0.4) is 0 Å². The van der Waals surface area contributed by atoms with E-state index in [-0.39, 0.29) is 16.3 Å². The molecule has 0 atom stereocenters. The molecule has 0 aromatic heterocycles. The molecular weight excluding hydrogens is 306 g/mol. The molecule has 0 aliphatic rings. The molecular formula is C15H15NO5S. The molecule has 0 unspecified atom stereocenters. The first kappa shape index (κ1) is 16.0. The van der Waals surface area contributed by atoms with E-state index in [0.717, 1.165) is 6.07 Å². The largest absolute Gasteiger partial charge is 0.378 e. The van der Waals surface area contributed by atoms with Gasteiger partial charge in [0.1, 0.15) is 10.6 Å². The molecule has 0 bridgehead atoms. The zero-order valence-electron chi connectivity index (χ0n) is 12.4. The summed E-state index contributed by atoms with van der Waals surface area (Å²) >= 11 is 0. The van der Waals surface area contributed by atoms with Crippen LogP contribution >= 0.6 is 0 Å². The average Bonchev–Trinajstić information content (AvgIpc) is 2.43. The van der Waals surface area contributed by atoms with Gasteiger partial charge >= 0.3 is 10.1 Å². The van der Waals surface area contributed by atoms with Crippen molar-refractivity contribution in [2.75, 3.05) is 0 Å². The summed E-state index contributed by atoms with van der Waals surface area (Å²) < 4.78 is 29.9. The Hall–Kier alpha value is -2.41. The second-order valence-electron chi connectivity index (χ2n) is 4.96. The number of para-hydroxylation sites is 1. The van der Waals surface area contributed by atoms with Crippen LogP contribution in [0, 0.1) is 30.9 Å². The smallest absolute Gasteiger partial charge is 0.339 e. The monoisotopic (exact) mass is 321 g/mol. The van der Waals surface area contributed by atoms with Crippen molar-refractivity contribution in [3.8, 4) is 5.75 Å². The normalized spacial score (nSPS) is 11.2. The van der Waals surface area contributed by atoms with Crippen LogP contribution < -0.4 is 4.18 Å². The van der Waals surface area contributed by atoms with Crippen LogP contribution in [0.1, 0.15) is 16.7 Å². The molecule has 0 aliphatic carbocycles. The summed E-state index contributed by atoms with van der Waals surface area (Å²) in [6.45, 7) is 5.01. The summed E-state index contributed by atoms with van der Waals surface area (Å²) in [5.74, 6) is 0.241. The number of nitro benzene ring substituents is 1. The fraction of sp³-hybridized carbons (Fsp3) is 0.200. The van der Waals surface area contributed by atoms with Crippen molar-refractivity contribution in [1.82, 2.24) is 0 Å². The van der Waals surface area contributed by atoms with Gasteiger partial charge in [0.15, 0.2) is 0 Å². The molecule has 0 saturated carbocycles. The van der Waals surface area contributed by atoms with Crippen molar-refractivity contribution in [3.63, 3.8) is 0 Å². The van der Waals surface area contributed by atoms with E-state index in [1.807, 2.05) is 0 Å². The van der Waals surface area contributed by atoms with Crippen LogP contribution in [0.2, 0.25) is 0 Å². The number of benzene rings is 2. The zero-order chi connectivity index (χ0) is 16.5. The predicted octanol–water partition coefficient (Wildman–Crippen LogP) is 3.29. The highest BCUT2D eigenvalue weighted by molar-refractivity contribution is 7.87. The summed E-state index contributed by atoms with van der Waals surface area (Å²) in [5.41, 5.74) is 1.47. The van der Waals surface area contributed by atoms with Gasteiger partial charge in [0.25, 0.3) is 5.69 Å². The second-order valence-corrected chi connectivity index (χ2v) is 6.51. The van der Waals surface area contributed by atoms with Gasteiger partial charge in [-0.25, -0.2) is 0 Å². The summed E-state index contributed by atoms with van der Waals surface area (Å²) in [6, 6.07) is 8.95. The molecule has 0 N–H and O–H groups in total. The molecule has 7 heteroatoms. The van der Waals surface area contributed by atoms with Gasteiger partial charge in [-0.05, 0) is 38.0 Å². The minimum atomic E-state index is -4.14. The second kappa shape index (κ2) is 5.76. The fourth-order valence-corrected chi connectivity index (χ4v) is 3.10. The summed E-state index contributed by atoms with van der Waals surface area (Å²) in [4.78, 5) is 10.1. The highest BCUT2D eigenvalue weighted by Gasteiger charge is 2.23. The van der Waals surface area contributed by atoms with Crippen LogP contribution in [0.5, 0.6) is 5.75 Å². The lowest BCUT2D eigenvalue weighted by molar-refractivity contribution is -0.385. The van der Waals surface area contributed by atoms with E-state index in [0.29, 0.717) is 16.7 Å². The number of nitro groups is 1. The van der Waals surface area contributed by atoms with Gasteiger partial charge in [-0.2, -0.15) is 8.42 Å². The number of hydrogen-bond donors (Lipinski definition) is 0. The van der Waals surface area contributed by atoms with Crippen LogP contribution in [-0.4, -0.2) is 13.3 Å². The van der Waals surface area contributed by atoms with Gasteiger partial charge in [0.05, 0.1) is 4.92 Å². The third kappa shape index (κ3) is 3.09. The quantitative estimate of drug-likeness (QED) is 0.490. The number of aryl methyl sites for hydroxylation is 3. The van der Waals surface area contributed by atoms with E-state index in [4.69, 9.17) is 4.18 Å². The maximum atomic E-state index is 12.3. The highest BCUT2D eigenvalue weighted by atomic mass is 32.2. The molecule has 0 aliphatic heterocycles. The van der Waals surface area contributed by atoms with Crippen molar-refractivity contribution in [2.45, 2.75) is 25.7 Å². The average molecular weight is 321 g/mol. The first-order valence-electron chi connectivity index (χ1n) is 6.48. The molecule has 0 heterocycles. The minimum absolute atomic E-state index is 0.241. The Bertz CT molecular complexity index is 823. The molecule has 116 valence electrons. The van der Waals surface area contributed by atoms with Gasteiger partial charge in [-0.1, -0.05) is 24.3 Å². The van der Waals surface area contributed by atoms with Crippen molar-refractivity contribution < 1.29 is 17.5 Å². The Morgan fingerprint density at radius 2 is 1.59 bits per heavy atom. The van der Waals surface area contributed by atoms with Gasteiger partial charge in [0, 0.05) is 11.6 Å². The van der Waals surface area contributed by atoms with Crippen LogP contribution in [0.15, 0.2) is 41.3 Å². The van der Waals surface area contributed by atoms with E-state index >= 15 is 0 Å². The van der Waals surface area contributed by atoms with Crippen LogP contribution in [-0.2, 0) is 10.1 Å². The van der Waals surface area contributed by atoms with Crippen molar-refractivity contribution >= 4 is 15.8 Å². The van der Waals surface area contributed by atoms with E-state index in [1.165, 1.54) is 12.1 Å². The lowest BCUT2D eigenvalue weighted by atomic mass is 10.1. The highest BCUT2D eigenvalue weighted by Crippen LogP contribution is 2.28. The number of rotatable bonds is 4. The third-order valence-corrected chi connectivity index (χ3v) is 4.49. The van der Waals surface area contributed by atoms with Gasteiger partial charge < -0.3 is 4.18 Å². The predicted molar refractivity (Wildman–Crippen MR) is 81.6 cm³/mol. The number of hydrogen-bond acceptors (Lipinski definition) is 5.